The van der Waals surface area contributed by atoms with E-state index in [0.29, 0.717) is 34.9 Å². The Balaban J connectivity index is 1.42. The van der Waals surface area contributed by atoms with Crippen LogP contribution in [0, 0.1) is 5.82 Å². The number of fused-ring (bicyclic) bond motifs is 3. The van der Waals surface area contributed by atoms with E-state index in [9.17, 15) is 14.0 Å². The number of nitrogens with zero attached hydrogens (tertiary/aromatic N) is 4. The summed E-state index contributed by atoms with van der Waals surface area (Å²) >= 11 is 1.24. The highest BCUT2D eigenvalue weighted by Crippen LogP contribution is 2.22. The van der Waals surface area contributed by atoms with Gasteiger partial charge in [0.25, 0.3) is 5.56 Å². The van der Waals surface area contributed by atoms with Crippen LogP contribution >= 0.6 is 11.8 Å². The molecule has 0 fully saturated rings. The number of carbonyl (C=O) groups excluding carboxylic acids is 1. The highest BCUT2D eigenvalue weighted by atomic mass is 32.2. The van der Waals surface area contributed by atoms with Crippen LogP contribution in [0.25, 0.3) is 16.7 Å². The number of benzene rings is 3. The van der Waals surface area contributed by atoms with Crippen LogP contribution in [0.5, 0.6) is 0 Å². The van der Waals surface area contributed by atoms with Gasteiger partial charge in [-0.2, -0.15) is 0 Å². The quantitative estimate of drug-likeness (QED) is 0.365. The van der Waals surface area contributed by atoms with E-state index in [1.165, 1.54) is 23.9 Å². The van der Waals surface area contributed by atoms with Gasteiger partial charge in [-0.3, -0.25) is 18.6 Å². The van der Waals surface area contributed by atoms with Crippen molar-refractivity contribution >= 4 is 34.3 Å². The average molecular weight is 474 g/mol. The number of carbonyl (C=O) groups is 1. The Hall–Kier alpha value is -3.98. The molecule has 2 heterocycles. The van der Waals surface area contributed by atoms with Crippen LogP contribution < -0.4 is 10.9 Å². The Morgan fingerprint density at radius 3 is 2.44 bits per heavy atom. The van der Waals surface area contributed by atoms with Crippen molar-refractivity contribution in [3.05, 3.63) is 106 Å². The summed E-state index contributed by atoms with van der Waals surface area (Å²) in [4.78, 5) is 25.7. The van der Waals surface area contributed by atoms with Gasteiger partial charge in [0.1, 0.15) is 5.82 Å². The fourth-order valence-corrected chi connectivity index (χ4v) is 4.49. The van der Waals surface area contributed by atoms with E-state index >= 15 is 0 Å². The lowest BCUT2D eigenvalue weighted by atomic mass is 10.2. The zero-order valence-corrected chi connectivity index (χ0v) is 18.8. The molecule has 0 atom stereocenters. The van der Waals surface area contributed by atoms with Gasteiger partial charge in [-0.1, -0.05) is 66.4 Å². The standard InChI is InChI=1S/C25H20FN5O2S/c26-19-12-10-17(11-13-19)14-27-22(32)16-34-25-29-28-24-30(15-18-6-2-1-3-7-18)23(33)20-8-4-5-9-21(20)31(24)25/h1-13H,14-16H2,(H,27,32). The number of hydrogen-bond donors (Lipinski definition) is 1. The predicted molar refractivity (Wildman–Crippen MR) is 129 cm³/mol. The van der Waals surface area contributed by atoms with Crippen molar-refractivity contribution in [1.29, 1.82) is 0 Å². The van der Waals surface area contributed by atoms with E-state index in [0.717, 1.165) is 11.1 Å². The molecule has 7 nitrogen and oxygen atoms in total. The van der Waals surface area contributed by atoms with Gasteiger partial charge in [-0.25, -0.2) is 4.39 Å². The van der Waals surface area contributed by atoms with Gasteiger partial charge in [-0.05, 0) is 35.4 Å². The molecule has 0 aliphatic heterocycles. The monoisotopic (exact) mass is 473 g/mol. The van der Waals surface area contributed by atoms with Crippen molar-refractivity contribution in [2.24, 2.45) is 0 Å². The van der Waals surface area contributed by atoms with Crippen molar-refractivity contribution < 1.29 is 9.18 Å². The lowest BCUT2D eigenvalue weighted by molar-refractivity contribution is -0.118. The van der Waals surface area contributed by atoms with Gasteiger partial charge in [0.05, 0.1) is 23.2 Å². The molecule has 0 bridgehead atoms. The number of aromatic nitrogens is 4. The Morgan fingerprint density at radius 2 is 1.65 bits per heavy atom. The maximum Gasteiger partial charge on any atom is 0.263 e. The van der Waals surface area contributed by atoms with Crippen molar-refractivity contribution in [1.82, 2.24) is 24.5 Å². The summed E-state index contributed by atoms with van der Waals surface area (Å²) in [5.74, 6) is 0.0331. The highest BCUT2D eigenvalue weighted by Gasteiger charge is 2.17. The Kier molecular flexibility index (Phi) is 6.09. The lowest BCUT2D eigenvalue weighted by Crippen LogP contribution is -2.25. The van der Waals surface area contributed by atoms with Gasteiger partial charge in [0.15, 0.2) is 5.16 Å². The fraction of sp³-hybridized carbons (Fsp3) is 0.120. The Morgan fingerprint density at radius 1 is 0.912 bits per heavy atom. The third kappa shape index (κ3) is 4.42. The lowest BCUT2D eigenvalue weighted by Gasteiger charge is -2.11. The Bertz CT molecular complexity index is 1530. The number of hydrogen-bond acceptors (Lipinski definition) is 5. The molecule has 0 saturated carbocycles. The minimum atomic E-state index is -0.317. The third-order valence-electron chi connectivity index (χ3n) is 5.40. The largest absolute Gasteiger partial charge is 0.351 e. The van der Waals surface area contributed by atoms with Crippen LogP contribution in [0.3, 0.4) is 0 Å². The molecule has 1 amide bonds. The molecule has 9 heteroatoms. The number of amides is 1. The van der Waals surface area contributed by atoms with Gasteiger partial charge in [0, 0.05) is 6.54 Å². The predicted octanol–water partition coefficient (Wildman–Crippen LogP) is 3.64. The molecule has 0 spiro atoms. The Labute approximate surface area is 198 Å². The second-order valence-electron chi connectivity index (χ2n) is 7.70. The summed E-state index contributed by atoms with van der Waals surface area (Å²) in [5, 5.41) is 12.5. The molecule has 34 heavy (non-hydrogen) atoms. The van der Waals surface area contributed by atoms with Gasteiger partial charge in [0.2, 0.25) is 11.7 Å². The third-order valence-corrected chi connectivity index (χ3v) is 6.33. The summed E-state index contributed by atoms with van der Waals surface area (Å²) in [5.41, 5.74) is 2.32. The van der Waals surface area contributed by atoms with E-state index in [1.54, 1.807) is 22.8 Å². The maximum atomic E-state index is 13.3. The summed E-state index contributed by atoms with van der Waals surface area (Å²) < 4.78 is 16.5. The summed E-state index contributed by atoms with van der Waals surface area (Å²) in [6, 6.07) is 23.0. The highest BCUT2D eigenvalue weighted by molar-refractivity contribution is 7.99. The summed E-state index contributed by atoms with van der Waals surface area (Å²) in [7, 11) is 0. The average Bonchev–Trinajstić information content (AvgIpc) is 3.29. The summed E-state index contributed by atoms with van der Waals surface area (Å²) in [6.07, 6.45) is 0. The zero-order valence-electron chi connectivity index (χ0n) is 18.0. The molecule has 0 aliphatic carbocycles. The number of para-hydroxylation sites is 1. The fourth-order valence-electron chi connectivity index (χ4n) is 3.72. The molecule has 1 N–H and O–H groups in total. The van der Waals surface area contributed by atoms with Crippen LogP contribution in [0.15, 0.2) is 88.8 Å². The van der Waals surface area contributed by atoms with Crippen LogP contribution in [-0.4, -0.2) is 30.8 Å². The second-order valence-corrected chi connectivity index (χ2v) is 8.65. The first-order valence-electron chi connectivity index (χ1n) is 10.6. The van der Waals surface area contributed by atoms with E-state index in [1.807, 2.05) is 52.9 Å². The molecule has 3 aromatic carbocycles. The number of rotatable bonds is 7. The molecule has 5 aromatic rings. The minimum Gasteiger partial charge on any atom is -0.351 e. The van der Waals surface area contributed by atoms with Crippen molar-refractivity contribution in [2.75, 3.05) is 5.75 Å². The van der Waals surface area contributed by atoms with Gasteiger partial charge >= 0.3 is 0 Å². The van der Waals surface area contributed by atoms with Crippen molar-refractivity contribution in [3.8, 4) is 0 Å². The molecule has 0 saturated heterocycles. The molecule has 0 unspecified atom stereocenters. The van der Waals surface area contributed by atoms with E-state index < -0.39 is 0 Å². The first-order valence-corrected chi connectivity index (χ1v) is 11.6. The molecule has 0 radical (unpaired) electrons. The number of thioether (sulfide) groups is 1. The van der Waals surface area contributed by atoms with E-state index in [4.69, 9.17) is 0 Å². The summed E-state index contributed by atoms with van der Waals surface area (Å²) in [6.45, 7) is 0.661. The zero-order chi connectivity index (χ0) is 23.5. The molecule has 0 aliphatic rings. The van der Waals surface area contributed by atoms with Crippen LogP contribution in [-0.2, 0) is 17.9 Å². The molecular weight excluding hydrogens is 453 g/mol. The van der Waals surface area contributed by atoms with Gasteiger partial charge in [-0.15, -0.1) is 10.2 Å². The minimum absolute atomic E-state index is 0.119. The maximum absolute atomic E-state index is 13.3. The van der Waals surface area contributed by atoms with Crippen LogP contribution in [0.2, 0.25) is 0 Å². The SMILES string of the molecule is O=C(CSc1nnc2n(Cc3ccccc3)c(=O)c3ccccc3n12)NCc1ccc(F)cc1. The molecule has 170 valence electrons. The number of nitrogens with one attached hydrogen (secondary N) is 1. The van der Waals surface area contributed by atoms with Crippen LogP contribution in [0.1, 0.15) is 11.1 Å². The van der Waals surface area contributed by atoms with Crippen molar-refractivity contribution in [2.45, 2.75) is 18.2 Å². The first kappa shape index (κ1) is 21.8. The van der Waals surface area contributed by atoms with Crippen molar-refractivity contribution in [3.63, 3.8) is 0 Å². The van der Waals surface area contributed by atoms with Crippen LogP contribution in [0.4, 0.5) is 4.39 Å². The number of halogens is 1. The molecule has 2 aromatic heterocycles. The van der Waals surface area contributed by atoms with E-state index in [2.05, 4.69) is 15.5 Å². The van der Waals surface area contributed by atoms with E-state index in [-0.39, 0.29) is 23.0 Å². The second kappa shape index (κ2) is 9.48. The molecular formula is C25H20FN5O2S. The normalized spacial score (nSPS) is 11.2. The van der Waals surface area contributed by atoms with Gasteiger partial charge < -0.3 is 5.32 Å². The molecule has 5 rings (SSSR count). The first-order chi connectivity index (χ1) is 16.6. The topological polar surface area (TPSA) is 81.3 Å². The smallest absolute Gasteiger partial charge is 0.263 e.